The fraction of sp³-hybridized carbons (Fsp3) is 0.684. The van der Waals surface area contributed by atoms with Crippen LogP contribution >= 0.6 is 0 Å². The average Bonchev–Trinajstić information content (AvgIpc) is 3.10. The Hall–Kier alpha value is -0.860. The summed E-state index contributed by atoms with van der Waals surface area (Å²) >= 11 is 0. The zero-order chi connectivity index (χ0) is 14.7. The first-order chi connectivity index (χ1) is 10.2. The highest BCUT2D eigenvalue weighted by atomic mass is 15.2. The van der Waals surface area contributed by atoms with Crippen molar-refractivity contribution in [3.8, 4) is 0 Å². The van der Waals surface area contributed by atoms with Gasteiger partial charge in [0.05, 0.1) is 0 Å². The molecule has 1 saturated heterocycles. The van der Waals surface area contributed by atoms with Crippen molar-refractivity contribution in [1.82, 2.24) is 10.2 Å². The van der Waals surface area contributed by atoms with E-state index in [2.05, 4.69) is 42.3 Å². The SMILES string of the molecule is Cc1cc(C)cc(CN(CC2CCCC2)[C@H]2CCNC2)c1. The van der Waals surface area contributed by atoms with Gasteiger partial charge in [-0.25, -0.2) is 0 Å². The summed E-state index contributed by atoms with van der Waals surface area (Å²) in [5.41, 5.74) is 4.29. The molecular weight excluding hydrogens is 256 g/mol. The summed E-state index contributed by atoms with van der Waals surface area (Å²) in [6.45, 7) is 9.24. The third kappa shape index (κ3) is 4.08. The molecule has 2 heteroatoms. The van der Waals surface area contributed by atoms with E-state index in [0.717, 1.165) is 18.5 Å². The van der Waals surface area contributed by atoms with Crippen LogP contribution in [0.25, 0.3) is 0 Å². The van der Waals surface area contributed by atoms with Gasteiger partial charge < -0.3 is 5.32 Å². The van der Waals surface area contributed by atoms with Crippen LogP contribution in [0, 0.1) is 19.8 Å². The van der Waals surface area contributed by atoms with E-state index in [1.165, 1.54) is 68.4 Å². The molecule has 0 bridgehead atoms. The molecule has 21 heavy (non-hydrogen) atoms. The summed E-state index contributed by atoms with van der Waals surface area (Å²) < 4.78 is 0. The largest absolute Gasteiger partial charge is 0.315 e. The lowest BCUT2D eigenvalue weighted by Gasteiger charge is -2.31. The van der Waals surface area contributed by atoms with Crippen molar-refractivity contribution < 1.29 is 0 Å². The van der Waals surface area contributed by atoms with Crippen LogP contribution in [-0.2, 0) is 6.54 Å². The lowest BCUT2D eigenvalue weighted by molar-refractivity contribution is 0.168. The third-order valence-electron chi connectivity index (χ3n) is 5.19. The zero-order valence-electron chi connectivity index (χ0n) is 13.7. The van der Waals surface area contributed by atoms with Gasteiger partial charge in [0.2, 0.25) is 0 Å². The number of nitrogens with one attached hydrogen (secondary N) is 1. The van der Waals surface area contributed by atoms with Crippen molar-refractivity contribution in [1.29, 1.82) is 0 Å². The van der Waals surface area contributed by atoms with E-state index in [1.807, 2.05) is 0 Å². The van der Waals surface area contributed by atoms with Crippen LogP contribution in [0.5, 0.6) is 0 Å². The van der Waals surface area contributed by atoms with Gasteiger partial charge in [0.25, 0.3) is 0 Å². The van der Waals surface area contributed by atoms with E-state index in [1.54, 1.807) is 0 Å². The van der Waals surface area contributed by atoms with Gasteiger partial charge in [-0.15, -0.1) is 0 Å². The van der Waals surface area contributed by atoms with E-state index in [0.29, 0.717) is 0 Å². The lowest BCUT2D eigenvalue weighted by atomic mass is 10.0. The Morgan fingerprint density at radius 1 is 1.05 bits per heavy atom. The highest BCUT2D eigenvalue weighted by Gasteiger charge is 2.26. The van der Waals surface area contributed by atoms with E-state index >= 15 is 0 Å². The quantitative estimate of drug-likeness (QED) is 0.888. The Balaban J connectivity index is 1.70. The van der Waals surface area contributed by atoms with Gasteiger partial charge in [0.15, 0.2) is 0 Å². The standard InChI is InChI=1S/C19H30N2/c1-15-9-16(2)11-18(10-15)14-21(19-7-8-20-12-19)13-17-5-3-4-6-17/h9-11,17,19-20H,3-8,12-14H2,1-2H3/t19-/m0/s1. The normalized spacial score (nSPS) is 23.3. The molecular formula is C19H30N2. The van der Waals surface area contributed by atoms with Crippen LogP contribution < -0.4 is 5.32 Å². The Bertz CT molecular complexity index is 436. The number of aryl methyl sites for hydroxylation is 2. The van der Waals surface area contributed by atoms with E-state index < -0.39 is 0 Å². The minimum absolute atomic E-state index is 0.742. The van der Waals surface area contributed by atoms with Gasteiger partial charge >= 0.3 is 0 Å². The summed E-state index contributed by atoms with van der Waals surface area (Å²) in [5.74, 6) is 0.941. The number of rotatable bonds is 5. The number of nitrogens with zero attached hydrogens (tertiary/aromatic N) is 1. The van der Waals surface area contributed by atoms with Gasteiger partial charge in [0.1, 0.15) is 0 Å². The summed E-state index contributed by atoms with van der Waals surface area (Å²) in [4.78, 5) is 2.77. The van der Waals surface area contributed by atoms with Crippen molar-refractivity contribution in [2.75, 3.05) is 19.6 Å². The zero-order valence-corrected chi connectivity index (χ0v) is 13.7. The van der Waals surface area contributed by atoms with Crippen molar-refractivity contribution in [2.24, 2.45) is 5.92 Å². The van der Waals surface area contributed by atoms with Gasteiger partial charge in [-0.1, -0.05) is 42.2 Å². The maximum Gasteiger partial charge on any atom is 0.0237 e. The Kier molecular flexibility index (Phi) is 4.97. The van der Waals surface area contributed by atoms with Crippen molar-refractivity contribution in [3.05, 3.63) is 34.9 Å². The molecule has 0 amide bonds. The van der Waals surface area contributed by atoms with Crippen LogP contribution in [0.2, 0.25) is 0 Å². The first-order valence-corrected chi connectivity index (χ1v) is 8.72. The van der Waals surface area contributed by atoms with E-state index in [-0.39, 0.29) is 0 Å². The lowest BCUT2D eigenvalue weighted by Crippen LogP contribution is -2.39. The smallest absolute Gasteiger partial charge is 0.0237 e. The first kappa shape index (κ1) is 15.1. The van der Waals surface area contributed by atoms with Gasteiger partial charge in [-0.05, 0) is 51.1 Å². The molecule has 3 rings (SSSR count). The molecule has 1 saturated carbocycles. The average molecular weight is 286 g/mol. The topological polar surface area (TPSA) is 15.3 Å². The highest BCUT2D eigenvalue weighted by molar-refractivity contribution is 5.28. The van der Waals surface area contributed by atoms with Crippen molar-refractivity contribution >= 4 is 0 Å². The maximum absolute atomic E-state index is 3.54. The van der Waals surface area contributed by atoms with Crippen molar-refractivity contribution in [2.45, 2.75) is 58.5 Å². The molecule has 1 aromatic rings. The molecule has 1 heterocycles. The minimum Gasteiger partial charge on any atom is -0.315 e. The van der Waals surface area contributed by atoms with Crippen LogP contribution in [0.15, 0.2) is 18.2 Å². The second-order valence-electron chi connectivity index (χ2n) is 7.22. The summed E-state index contributed by atoms with van der Waals surface area (Å²) in [6, 6.07) is 7.77. The minimum atomic E-state index is 0.742. The van der Waals surface area contributed by atoms with Crippen LogP contribution in [0.3, 0.4) is 0 Å². The predicted molar refractivity (Wildman–Crippen MR) is 89.6 cm³/mol. The molecule has 0 spiro atoms. The Morgan fingerprint density at radius 2 is 1.76 bits per heavy atom. The Morgan fingerprint density at radius 3 is 2.38 bits per heavy atom. The molecule has 1 aromatic carbocycles. The molecule has 0 radical (unpaired) electrons. The second-order valence-corrected chi connectivity index (χ2v) is 7.22. The van der Waals surface area contributed by atoms with Gasteiger partial charge in [-0.2, -0.15) is 0 Å². The number of hydrogen-bond donors (Lipinski definition) is 1. The second kappa shape index (κ2) is 6.93. The van der Waals surface area contributed by atoms with Crippen LogP contribution in [-0.4, -0.2) is 30.6 Å². The van der Waals surface area contributed by atoms with Crippen molar-refractivity contribution in [3.63, 3.8) is 0 Å². The summed E-state index contributed by atoms with van der Waals surface area (Å²) in [7, 11) is 0. The predicted octanol–water partition coefficient (Wildman–Crippen LogP) is 3.66. The van der Waals surface area contributed by atoms with E-state index in [4.69, 9.17) is 0 Å². The first-order valence-electron chi connectivity index (χ1n) is 8.72. The third-order valence-corrected chi connectivity index (χ3v) is 5.19. The molecule has 2 nitrogen and oxygen atoms in total. The molecule has 2 aliphatic rings. The number of hydrogen-bond acceptors (Lipinski definition) is 2. The highest BCUT2D eigenvalue weighted by Crippen LogP contribution is 2.27. The molecule has 1 aliphatic heterocycles. The fourth-order valence-corrected chi connectivity index (χ4v) is 4.21. The fourth-order valence-electron chi connectivity index (χ4n) is 4.21. The maximum atomic E-state index is 3.54. The summed E-state index contributed by atoms with van der Waals surface area (Å²) in [6.07, 6.45) is 7.11. The molecule has 2 fully saturated rings. The molecule has 0 aromatic heterocycles. The van der Waals surface area contributed by atoms with Gasteiger partial charge in [0, 0.05) is 25.7 Å². The number of benzene rings is 1. The molecule has 116 valence electrons. The molecule has 1 atom stereocenters. The summed E-state index contributed by atoms with van der Waals surface area (Å²) in [5, 5.41) is 3.54. The molecule has 1 aliphatic carbocycles. The monoisotopic (exact) mass is 286 g/mol. The molecule has 1 N–H and O–H groups in total. The Labute approximate surface area is 129 Å². The van der Waals surface area contributed by atoms with Crippen LogP contribution in [0.1, 0.15) is 48.8 Å². The molecule has 0 unspecified atom stereocenters. The van der Waals surface area contributed by atoms with E-state index in [9.17, 15) is 0 Å². The van der Waals surface area contributed by atoms with Gasteiger partial charge in [-0.3, -0.25) is 4.90 Å². The van der Waals surface area contributed by atoms with Crippen LogP contribution in [0.4, 0.5) is 0 Å².